The number of sulfone groups is 1. The minimum atomic E-state index is -3.13. The van der Waals surface area contributed by atoms with Crippen molar-refractivity contribution in [3.8, 4) is 11.5 Å². The summed E-state index contributed by atoms with van der Waals surface area (Å²) >= 11 is 0. The summed E-state index contributed by atoms with van der Waals surface area (Å²) < 4.78 is 38.3. The maximum absolute atomic E-state index is 11.9. The van der Waals surface area contributed by atoms with Gasteiger partial charge in [-0.05, 0) is 31.0 Å². The number of ether oxygens (including phenoxy) is 3. The molecular formula is C17H23NO7S. The minimum Gasteiger partial charge on any atom is -0.493 e. The Bertz CT molecular complexity index is 790. The Hall–Kier alpha value is -2.29. The van der Waals surface area contributed by atoms with Gasteiger partial charge in [-0.25, -0.2) is 8.42 Å². The Labute approximate surface area is 152 Å². The third-order valence-electron chi connectivity index (χ3n) is 4.11. The predicted octanol–water partition coefficient (Wildman–Crippen LogP) is 0.483. The molecule has 1 atom stereocenters. The number of rotatable bonds is 7. The van der Waals surface area contributed by atoms with Crippen molar-refractivity contribution in [1.29, 1.82) is 0 Å². The van der Waals surface area contributed by atoms with Gasteiger partial charge in [-0.2, -0.15) is 0 Å². The monoisotopic (exact) mass is 385 g/mol. The van der Waals surface area contributed by atoms with Crippen LogP contribution in [-0.4, -0.2) is 58.2 Å². The van der Waals surface area contributed by atoms with Gasteiger partial charge in [-0.15, -0.1) is 0 Å². The van der Waals surface area contributed by atoms with E-state index in [1.165, 1.54) is 14.2 Å². The Balaban J connectivity index is 1.84. The molecule has 0 saturated carbocycles. The van der Waals surface area contributed by atoms with Crippen molar-refractivity contribution in [2.45, 2.75) is 25.3 Å². The molecule has 0 aromatic heterocycles. The van der Waals surface area contributed by atoms with E-state index >= 15 is 0 Å². The molecular weight excluding hydrogens is 362 g/mol. The van der Waals surface area contributed by atoms with Crippen LogP contribution in [-0.2, 0) is 30.6 Å². The van der Waals surface area contributed by atoms with Gasteiger partial charge in [0.2, 0.25) is 0 Å². The van der Waals surface area contributed by atoms with E-state index in [4.69, 9.17) is 14.2 Å². The molecule has 1 heterocycles. The fraction of sp³-hybridized carbons (Fsp3) is 0.529. The number of methoxy groups -OCH3 is 2. The third-order valence-corrected chi connectivity index (χ3v) is 6.01. The van der Waals surface area contributed by atoms with Crippen molar-refractivity contribution >= 4 is 21.7 Å². The molecule has 2 rings (SSSR count). The van der Waals surface area contributed by atoms with Crippen LogP contribution in [0.15, 0.2) is 18.2 Å². The van der Waals surface area contributed by atoms with Gasteiger partial charge >= 0.3 is 5.97 Å². The summed E-state index contributed by atoms with van der Waals surface area (Å²) in [6.45, 7) is 1.21. The fourth-order valence-corrected chi connectivity index (χ4v) is 4.93. The zero-order chi connectivity index (χ0) is 19.4. The molecule has 1 aliphatic rings. The highest BCUT2D eigenvalue weighted by molar-refractivity contribution is 7.91. The molecule has 144 valence electrons. The first-order valence-corrected chi connectivity index (χ1v) is 9.86. The lowest BCUT2D eigenvalue weighted by Gasteiger charge is -2.23. The van der Waals surface area contributed by atoms with Crippen molar-refractivity contribution in [3.63, 3.8) is 0 Å². The molecule has 0 unspecified atom stereocenters. The Morgan fingerprint density at radius 3 is 2.46 bits per heavy atom. The van der Waals surface area contributed by atoms with Crippen molar-refractivity contribution in [2.75, 3.05) is 32.3 Å². The number of carbonyl (C=O) groups is 2. The lowest BCUT2D eigenvalue weighted by molar-refractivity contribution is -0.148. The van der Waals surface area contributed by atoms with Crippen LogP contribution in [0.2, 0.25) is 0 Å². The Morgan fingerprint density at radius 1 is 1.19 bits per heavy atom. The van der Waals surface area contributed by atoms with Gasteiger partial charge in [-0.3, -0.25) is 9.59 Å². The third kappa shape index (κ3) is 5.35. The largest absolute Gasteiger partial charge is 0.493 e. The van der Waals surface area contributed by atoms with Crippen LogP contribution in [0.3, 0.4) is 0 Å². The van der Waals surface area contributed by atoms with Gasteiger partial charge in [-0.1, -0.05) is 6.07 Å². The van der Waals surface area contributed by atoms with E-state index in [0.29, 0.717) is 23.5 Å². The molecule has 0 spiro atoms. The molecule has 9 heteroatoms. The van der Waals surface area contributed by atoms with Gasteiger partial charge in [0.05, 0.1) is 37.7 Å². The number of carbonyl (C=O) groups excluding carboxylic acids is 2. The number of hydrogen-bond acceptors (Lipinski definition) is 7. The highest BCUT2D eigenvalue weighted by Gasteiger charge is 2.39. The highest BCUT2D eigenvalue weighted by atomic mass is 32.2. The summed E-state index contributed by atoms with van der Waals surface area (Å²) in [6.07, 6.45) is 0.319. The molecule has 1 fully saturated rings. The Kier molecular flexibility index (Phi) is 6.12. The van der Waals surface area contributed by atoms with E-state index in [2.05, 4.69) is 5.32 Å². The van der Waals surface area contributed by atoms with Crippen LogP contribution in [0, 0.1) is 0 Å². The van der Waals surface area contributed by atoms with Crippen LogP contribution >= 0.6 is 0 Å². The lowest BCUT2D eigenvalue weighted by Crippen LogP contribution is -2.48. The molecule has 1 aliphatic heterocycles. The maximum Gasteiger partial charge on any atom is 0.310 e. The average Bonchev–Trinajstić information content (AvgIpc) is 2.85. The van der Waals surface area contributed by atoms with Gasteiger partial charge < -0.3 is 19.5 Å². The van der Waals surface area contributed by atoms with Gasteiger partial charge in [0, 0.05) is 0 Å². The Morgan fingerprint density at radius 2 is 1.88 bits per heavy atom. The highest BCUT2D eigenvalue weighted by Crippen LogP contribution is 2.27. The van der Waals surface area contributed by atoms with Gasteiger partial charge in [0.1, 0.15) is 0 Å². The fourth-order valence-electron chi connectivity index (χ4n) is 2.84. The topological polar surface area (TPSA) is 108 Å². The van der Waals surface area contributed by atoms with E-state index in [0.717, 1.165) is 0 Å². The predicted molar refractivity (Wildman–Crippen MR) is 94.0 cm³/mol. The number of benzene rings is 1. The van der Waals surface area contributed by atoms with E-state index in [-0.39, 0.29) is 17.9 Å². The van der Waals surface area contributed by atoms with Crippen molar-refractivity contribution in [3.05, 3.63) is 23.8 Å². The van der Waals surface area contributed by atoms with Crippen LogP contribution in [0.1, 0.15) is 18.9 Å². The summed E-state index contributed by atoms with van der Waals surface area (Å²) in [5.74, 6) is -0.120. The molecule has 0 aliphatic carbocycles. The first-order valence-electron chi connectivity index (χ1n) is 8.04. The standard InChI is InChI=1S/C17H23NO7S/c1-17(6-7-26(21,22)11-17)18-15(19)10-25-16(20)9-12-4-5-13(23-2)14(8-12)24-3/h4-5,8H,6-7,9-11H2,1-3H3,(H,18,19)/t17-/m1/s1. The van der Waals surface area contributed by atoms with Crippen LogP contribution in [0.5, 0.6) is 11.5 Å². The molecule has 1 N–H and O–H groups in total. The van der Waals surface area contributed by atoms with Crippen molar-refractivity contribution in [2.24, 2.45) is 0 Å². The molecule has 1 aromatic carbocycles. The van der Waals surface area contributed by atoms with Crippen LogP contribution in [0.4, 0.5) is 0 Å². The number of amides is 1. The first kappa shape index (κ1) is 20.0. The quantitative estimate of drug-likeness (QED) is 0.680. The maximum atomic E-state index is 11.9. The summed E-state index contributed by atoms with van der Waals surface area (Å²) in [6, 6.07) is 5.03. The number of esters is 1. The molecule has 1 saturated heterocycles. The summed E-state index contributed by atoms with van der Waals surface area (Å²) in [7, 11) is -0.120. The van der Waals surface area contributed by atoms with Crippen LogP contribution < -0.4 is 14.8 Å². The molecule has 0 bridgehead atoms. The molecule has 1 aromatic rings. The second kappa shape index (κ2) is 7.94. The molecule has 1 amide bonds. The zero-order valence-corrected chi connectivity index (χ0v) is 15.9. The SMILES string of the molecule is COc1ccc(CC(=O)OCC(=O)N[C@]2(C)CCS(=O)(=O)C2)cc1OC. The second-order valence-corrected chi connectivity index (χ2v) is 8.66. The molecule has 8 nitrogen and oxygen atoms in total. The van der Waals surface area contributed by atoms with Crippen LogP contribution in [0.25, 0.3) is 0 Å². The van der Waals surface area contributed by atoms with Gasteiger partial charge in [0.15, 0.2) is 27.9 Å². The van der Waals surface area contributed by atoms with Gasteiger partial charge in [0.25, 0.3) is 5.91 Å². The average molecular weight is 385 g/mol. The van der Waals surface area contributed by atoms with Crippen molar-refractivity contribution in [1.82, 2.24) is 5.32 Å². The normalized spacial score (nSPS) is 21.0. The van der Waals surface area contributed by atoms with E-state index in [9.17, 15) is 18.0 Å². The number of nitrogens with one attached hydrogen (secondary N) is 1. The summed E-state index contributed by atoms with van der Waals surface area (Å²) in [5, 5.41) is 2.63. The smallest absolute Gasteiger partial charge is 0.310 e. The van der Waals surface area contributed by atoms with E-state index in [1.807, 2.05) is 0 Å². The minimum absolute atomic E-state index is 0.0285. The summed E-state index contributed by atoms with van der Waals surface area (Å²) in [5.41, 5.74) is -0.159. The molecule has 26 heavy (non-hydrogen) atoms. The lowest BCUT2D eigenvalue weighted by atomic mass is 10.0. The molecule has 0 radical (unpaired) electrons. The van der Waals surface area contributed by atoms with Crippen molar-refractivity contribution < 1.29 is 32.2 Å². The second-order valence-electron chi connectivity index (χ2n) is 6.48. The summed E-state index contributed by atoms with van der Waals surface area (Å²) in [4.78, 5) is 23.9. The first-order chi connectivity index (χ1) is 12.2. The van der Waals surface area contributed by atoms with E-state index < -0.39 is 33.9 Å². The zero-order valence-electron chi connectivity index (χ0n) is 15.0. The number of hydrogen-bond donors (Lipinski definition) is 1. The van der Waals surface area contributed by atoms with E-state index in [1.54, 1.807) is 25.1 Å².